The Balaban J connectivity index is 1.55. The number of halogens is 1. The number of nitrogens with zero attached hydrogens (tertiary/aromatic N) is 4. The fourth-order valence-electron chi connectivity index (χ4n) is 4.53. The van der Waals surface area contributed by atoms with Crippen LogP contribution in [0.25, 0.3) is 39.0 Å². The number of aromatic amines is 1. The smallest absolute Gasteiger partial charge is 0.335 e. The summed E-state index contributed by atoms with van der Waals surface area (Å²) < 4.78 is 24.1. The molecule has 1 aliphatic heterocycles. The van der Waals surface area contributed by atoms with Crippen LogP contribution < -0.4 is 5.69 Å². The predicted molar refractivity (Wildman–Crippen MR) is 124 cm³/mol. The molecule has 6 rings (SSSR count). The zero-order valence-corrected chi connectivity index (χ0v) is 17.9. The first-order valence-corrected chi connectivity index (χ1v) is 11.0. The number of hydrogen-bond donors (Lipinski definition) is 1. The third kappa shape index (κ3) is 3.43. The van der Waals surface area contributed by atoms with Crippen LogP contribution in [0.5, 0.6) is 0 Å². The molecule has 5 aromatic rings. The van der Waals surface area contributed by atoms with Gasteiger partial charge < -0.3 is 9.72 Å². The van der Waals surface area contributed by atoms with Gasteiger partial charge in [0, 0.05) is 61.2 Å². The lowest BCUT2D eigenvalue weighted by Crippen LogP contribution is -2.39. The molecule has 0 spiro atoms. The van der Waals surface area contributed by atoms with E-state index in [1.165, 1.54) is 4.57 Å². The fraction of sp³-hybridized carbons (Fsp3) is 0.240. The highest BCUT2D eigenvalue weighted by molar-refractivity contribution is 5.84. The van der Waals surface area contributed by atoms with Crippen LogP contribution in [-0.2, 0) is 11.3 Å². The van der Waals surface area contributed by atoms with Crippen molar-refractivity contribution in [1.82, 2.24) is 24.1 Å². The van der Waals surface area contributed by atoms with E-state index in [0.717, 1.165) is 22.2 Å². The molecular weight excluding hydrogens is 421 g/mol. The maximum atomic E-state index is 15.7. The topological polar surface area (TPSA) is 77.7 Å². The summed E-state index contributed by atoms with van der Waals surface area (Å²) in [5.74, 6) is 0. The van der Waals surface area contributed by atoms with Crippen LogP contribution in [0.2, 0.25) is 0 Å². The minimum atomic E-state index is -1.50. The second-order valence-corrected chi connectivity index (χ2v) is 8.51. The van der Waals surface area contributed by atoms with Crippen LogP contribution in [0, 0.1) is 0 Å². The van der Waals surface area contributed by atoms with E-state index in [1.54, 1.807) is 17.0 Å². The molecule has 0 radical (unpaired) electrons. The van der Waals surface area contributed by atoms with E-state index in [1.807, 2.05) is 54.7 Å². The molecule has 0 atom stereocenters. The average molecular weight is 443 g/mol. The number of hydrogen-bond acceptors (Lipinski definition) is 4. The second kappa shape index (κ2) is 7.67. The Hall–Kier alpha value is -3.78. The lowest BCUT2D eigenvalue weighted by Gasteiger charge is -2.29. The van der Waals surface area contributed by atoms with Crippen LogP contribution >= 0.6 is 0 Å². The van der Waals surface area contributed by atoms with Gasteiger partial charge in [-0.05, 0) is 30.3 Å². The highest BCUT2D eigenvalue weighted by Gasteiger charge is 2.34. The number of fused-ring (bicyclic) bond motifs is 2. The molecule has 0 unspecified atom stereocenters. The summed E-state index contributed by atoms with van der Waals surface area (Å²) in [5.41, 5.74) is 2.49. The van der Waals surface area contributed by atoms with Gasteiger partial charge in [0.15, 0.2) is 5.65 Å². The first-order valence-electron chi connectivity index (χ1n) is 11.0. The summed E-state index contributed by atoms with van der Waals surface area (Å²) in [6.07, 6.45) is 5.88. The SMILES string of the molecule is O=c1n(CC2(F)CCOCC2)c2cc(-c3cnc4[nH]ccc4c3)cnc2n1-c1ccccc1. The van der Waals surface area contributed by atoms with Crippen molar-refractivity contribution in [2.75, 3.05) is 13.2 Å². The molecule has 4 aromatic heterocycles. The molecule has 5 heterocycles. The number of imidazole rings is 1. The summed E-state index contributed by atoms with van der Waals surface area (Å²) in [5, 5.41) is 0.983. The summed E-state index contributed by atoms with van der Waals surface area (Å²) >= 11 is 0. The highest BCUT2D eigenvalue weighted by Crippen LogP contribution is 2.30. The molecule has 1 fully saturated rings. The summed E-state index contributed by atoms with van der Waals surface area (Å²) in [4.78, 5) is 25.8. The van der Waals surface area contributed by atoms with Crippen molar-refractivity contribution in [3.8, 4) is 16.8 Å². The third-order valence-corrected chi connectivity index (χ3v) is 6.35. The van der Waals surface area contributed by atoms with Gasteiger partial charge in [-0.1, -0.05) is 18.2 Å². The minimum absolute atomic E-state index is 0.0360. The first kappa shape index (κ1) is 19.9. The highest BCUT2D eigenvalue weighted by atomic mass is 19.1. The maximum Gasteiger partial charge on any atom is 0.335 e. The Morgan fingerprint density at radius 2 is 1.79 bits per heavy atom. The van der Waals surface area contributed by atoms with E-state index >= 15 is 4.39 Å². The quantitative estimate of drug-likeness (QED) is 0.451. The molecule has 166 valence electrons. The largest absolute Gasteiger partial charge is 0.381 e. The molecule has 7 nitrogen and oxygen atoms in total. The Kier molecular flexibility index (Phi) is 4.62. The van der Waals surface area contributed by atoms with E-state index in [9.17, 15) is 4.79 Å². The van der Waals surface area contributed by atoms with Crippen LogP contribution in [-0.4, -0.2) is 43.0 Å². The summed E-state index contributed by atoms with van der Waals surface area (Å²) in [7, 11) is 0. The molecule has 1 aliphatic rings. The predicted octanol–water partition coefficient (Wildman–Crippen LogP) is 4.25. The maximum absolute atomic E-state index is 15.7. The number of rotatable bonds is 4. The molecule has 0 aliphatic carbocycles. The molecule has 0 amide bonds. The summed E-state index contributed by atoms with van der Waals surface area (Å²) in [6.45, 7) is 0.675. The van der Waals surface area contributed by atoms with Gasteiger partial charge in [-0.15, -0.1) is 0 Å². The number of ether oxygens (including phenoxy) is 1. The van der Waals surface area contributed by atoms with Crippen molar-refractivity contribution >= 4 is 22.2 Å². The Bertz CT molecular complexity index is 1510. The van der Waals surface area contributed by atoms with Gasteiger partial charge in [0.25, 0.3) is 0 Å². The molecule has 33 heavy (non-hydrogen) atoms. The second-order valence-electron chi connectivity index (χ2n) is 8.51. The number of benzene rings is 1. The molecule has 0 bridgehead atoms. The standard InChI is InChI=1S/C25H22FN5O2/c26-25(7-10-33-11-8-25)16-30-21-13-19(18-12-17-6-9-27-22(17)28-14-18)15-29-23(21)31(24(30)32)20-4-2-1-3-5-20/h1-6,9,12-15H,7-8,10-11,16H2,(H,27,28). The molecule has 8 heteroatoms. The van der Waals surface area contributed by atoms with Crippen molar-refractivity contribution in [3.63, 3.8) is 0 Å². The molecule has 1 aromatic carbocycles. The normalized spacial score (nSPS) is 15.9. The number of H-pyrrole nitrogens is 1. The van der Waals surface area contributed by atoms with Crippen molar-refractivity contribution in [3.05, 3.63) is 77.6 Å². The lowest BCUT2D eigenvalue weighted by atomic mass is 9.96. The van der Waals surface area contributed by atoms with Crippen LogP contribution in [0.1, 0.15) is 12.8 Å². The number of aromatic nitrogens is 5. The minimum Gasteiger partial charge on any atom is -0.381 e. The van der Waals surface area contributed by atoms with Crippen molar-refractivity contribution in [2.24, 2.45) is 0 Å². The molecule has 1 N–H and O–H groups in total. The summed E-state index contributed by atoms with van der Waals surface area (Å²) in [6, 6.07) is 15.2. The lowest BCUT2D eigenvalue weighted by molar-refractivity contribution is -0.0176. The number of pyridine rings is 2. The van der Waals surface area contributed by atoms with Crippen molar-refractivity contribution in [2.45, 2.75) is 25.1 Å². The van der Waals surface area contributed by atoms with Gasteiger partial charge in [-0.3, -0.25) is 4.57 Å². The van der Waals surface area contributed by atoms with Gasteiger partial charge >= 0.3 is 5.69 Å². The van der Waals surface area contributed by atoms with E-state index in [-0.39, 0.29) is 25.1 Å². The third-order valence-electron chi connectivity index (χ3n) is 6.35. The van der Waals surface area contributed by atoms with Crippen LogP contribution in [0.3, 0.4) is 0 Å². The first-order chi connectivity index (χ1) is 16.1. The Labute approximate surface area is 188 Å². The van der Waals surface area contributed by atoms with E-state index in [0.29, 0.717) is 30.1 Å². The Morgan fingerprint density at radius 3 is 2.61 bits per heavy atom. The fourth-order valence-corrected chi connectivity index (χ4v) is 4.53. The molecule has 0 saturated carbocycles. The molecule has 1 saturated heterocycles. The number of alkyl halides is 1. The van der Waals surface area contributed by atoms with Crippen molar-refractivity contribution < 1.29 is 9.13 Å². The van der Waals surface area contributed by atoms with Gasteiger partial charge in [0.2, 0.25) is 0 Å². The van der Waals surface area contributed by atoms with E-state index < -0.39 is 5.67 Å². The Morgan fingerprint density at radius 1 is 1.03 bits per heavy atom. The number of nitrogens with one attached hydrogen (secondary N) is 1. The number of para-hydroxylation sites is 1. The van der Waals surface area contributed by atoms with Gasteiger partial charge in [-0.2, -0.15) is 0 Å². The van der Waals surface area contributed by atoms with E-state index in [4.69, 9.17) is 4.74 Å². The molecular formula is C25H22FN5O2. The van der Waals surface area contributed by atoms with E-state index in [2.05, 4.69) is 15.0 Å². The van der Waals surface area contributed by atoms with Crippen LogP contribution in [0.4, 0.5) is 4.39 Å². The van der Waals surface area contributed by atoms with Gasteiger partial charge in [0.05, 0.1) is 17.7 Å². The van der Waals surface area contributed by atoms with Crippen molar-refractivity contribution in [1.29, 1.82) is 0 Å². The van der Waals surface area contributed by atoms with Gasteiger partial charge in [0.1, 0.15) is 11.3 Å². The van der Waals surface area contributed by atoms with Gasteiger partial charge in [-0.25, -0.2) is 23.7 Å². The monoisotopic (exact) mass is 443 g/mol. The zero-order valence-electron chi connectivity index (χ0n) is 17.9. The average Bonchev–Trinajstić information content (AvgIpc) is 3.42. The van der Waals surface area contributed by atoms with Crippen LogP contribution in [0.15, 0.2) is 71.9 Å². The zero-order chi connectivity index (χ0) is 22.4.